The van der Waals surface area contributed by atoms with Gasteiger partial charge >= 0.3 is 0 Å². The number of aryl methyl sites for hydroxylation is 1. The second-order valence-corrected chi connectivity index (χ2v) is 5.33. The number of imidazole rings is 1. The lowest BCUT2D eigenvalue weighted by atomic mass is 10.3. The van der Waals surface area contributed by atoms with Gasteiger partial charge in [0, 0.05) is 12.7 Å². The number of carbonyl (C=O) groups excluding carboxylic acids is 1. The summed E-state index contributed by atoms with van der Waals surface area (Å²) in [6, 6.07) is 9.49. The maximum absolute atomic E-state index is 12.3. The molecule has 2 heterocycles. The van der Waals surface area contributed by atoms with Gasteiger partial charge in [0.1, 0.15) is 10.7 Å². The molecule has 0 radical (unpaired) electrons. The molecule has 1 aromatic carbocycles. The van der Waals surface area contributed by atoms with E-state index in [1.165, 1.54) is 11.3 Å². The van der Waals surface area contributed by atoms with Crippen LogP contribution in [-0.2, 0) is 0 Å². The highest BCUT2D eigenvalue weighted by atomic mass is 32.1. The van der Waals surface area contributed by atoms with Gasteiger partial charge < -0.3 is 4.90 Å². The van der Waals surface area contributed by atoms with Crippen molar-refractivity contribution >= 4 is 27.9 Å². The van der Waals surface area contributed by atoms with Crippen LogP contribution in [0.4, 0.5) is 5.69 Å². The molecule has 0 saturated heterocycles. The normalized spacial score (nSPS) is 10.8. The Morgan fingerprint density at radius 3 is 2.74 bits per heavy atom. The van der Waals surface area contributed by atoms with Crippen molar-refractivity contribution in [1.29, 1.82) is 0 Å². The molecule has 0 aliphatic rings. The fourth-order valence-corrected chi connectivity index (χ4v) is 2.57. The maximum atomic E-state index is 12.3. The van der Waals surface area contributed by atoms with Crippen LogP contribution in [0.25, 0.3) is 4.96 Å². The van der Waals surface area contributed by atoms with Gasteiger partial charge in [-0.1, -0.05) is 29.5 Å². The van der Waals surface area contributed by atoms with E-state index in [0.717, 1.165) is 15.7 Å². The smallest absolute Gasteiger partial charge is 0.278 e. The number of para-hydroxylation sites is 1. The van der Waals surface area contributed by atoms with Crippen LogP contribution < -0.4 is 4.90 Å². The number of carbonyl (C=O) groups is 1. The van der Waals surface area contributed by atoms with Crippen molar-refractivity contribution in [2.24, 2.45) is 0 Å². The van der Waals surface area contributed by atoms with Crippen LogP contribution in [0, 0.1) is 6.92 Å². The van der Waals surface area contributed by atoms with Crippen LogP contribution in [-0.4, -0.2) is 27.6 Å². The van der Waals surface area contributed by atoms with E-state index in [9.17, 15) is 4.79 Å². The molecular weight excluding hydrogens is 260 g/mol. The zero-order valence-corrected chi connectivity index (χ0v) is 11.4. The van der Waals surface area contributed by atoms with Crippen LogP contribution >= 0.6 is 11.3 Å². The molecule has 1 amide bonds. The van der Waals surface area contributed by atoms with Crippen molar-refractivity contribution < 1.29 is 4.79 Å². The first-order valence-electron chi connectivity index (χ1n) is 5.81. The lowest BCUT2D eigenvalue weighted by Crippen LogP contribution is -2.26. The van der Waals surface area contributed by atoms with Gasteiger partial charge in [-0.15, -0.1) is 0 Å². The summed E-state index contributed by atoms with van der Waals surface area (Å²) in [5, 5.41) is 5.18. The molecule has 0 spiro atoms. The number of aromatic nitrogens is 3. The van der Waals surface area contributed by atoms with Gasteiger partial charge in [-0.2, -0.15) is 5.10 Å². The molecule has 19 heavy (non-hydrogen) atoms. The molecule has 6 heteroatoms. The van der Waals surface area contributed by atoms with E-state index in [0.29, 0.717) is 5.69 Å². The second-order valence-electron chi connectivity index (χ2n) is 4.17. The highest BCUT2D eigenvalue weighted by Crippen LogP contribution is 2.17. The lowest BCUT2D eigenvalue weighted by molar-refractivity contribution is 0.0989. The van der Waals surface area contributed by atoms with Gasteiger partial charge in [0.2, 0.25) is 4.96 Å². The summed E-state index contributed by atoms with van der Waals surface area (Å²) >= 11 is 1.47. The van der Waals surface area contributed by atoms with E-state index in [1.54, 1.807) is 22.7 Å². The number of hydrogen-bond donors (Lipinski definition) is 0. The molecule has 0 fully saturated rings. The molecule has 0 aliphatic heterocycles. The third-order valence-corrected chi connectivity index (χ3v) is 3.65. The highest BCUT2D eigenvalue weighted by Gasteiger charge is 2.18. The molecular formula is C13H12N4OS. The Balaban J connectivity index is 1.92. The summed E-state index contributed by atoms with van der Waals surface area (Å²) in [5.74, 6) is -0.137. The molecule has 0 atom stereocenters. The Hall–Kier alpha value is -2.21. The Kier molecular flexibility index (Phi) is 2.79. The van der Waals surface area contributed by atoms with Gasteiger partial charge in [-0.3, -0.25) is 4.79 Å². The van der Waals surface area contributed by atoms with E-state index >= 15 is 0 Å². The van der Waals surface area contributed by atoms with Gasteiger partial charge in [0.05, 0.1) is 6.20 Å². The summed E-state index contributed by atoms with van der Waals surface area (Å²) in [6.45, 7) is 1.91. The summed E-state index contributed by atoms with van der Waals surface area (Å²) in [4.78, 5) is 19.0. The maximum Gasteiger partial charge on any atom is 0.278 e. The highest BCUT2D eigenvalue weighted by molar-refractivity contribution is 7.16. The minimum Gasteiger partial charge on any atom is -0.310 e. The number of anilines is 1. The van der Waals surface area contributed by atoms with Crippen molar-refractivity contribution in [3.63, 3.8) is 0 Å². The van der Waals surface area contributed by atoms with Crippen molar-refractivity contribution in [2.75, 3.05) is 11.9 Å². The monoisotopic (exact) mass is 272 g/mol. The first kappa shape index (κ1) is 11.9. The Labute approximate surface area is 114 Å². The Morgan fingerprint density at radius 2 is 2.05 bits per heavy atom. The van der Waals surface area contributed by atoms with E-state index in [1.807, 2.05) is 37.3 Å². The number of amides is 1. The van der Waals surface area contributed by atoms with Gasteiger partial charge in [-0.05, 0) is 19.1 Å². The number of hydrogen-bond acceptors (Lipinski definition) is 4. The SMILES string of the molecule is Cc1nn2cc(C(=O)N(C)c3ccccc3)nc2s1. The zero-order chi connectivity index (χ0) is 13.4. The van der Waals surface area contributed by atoms with Gasteiger partial charge in [-0.25, -0.2) is 9.50 Å². The van der Waals surface area contributed by atoms with E-state index in [4.69, 9.17) is 0 Å². The molecule has 3 rings (SSSR count). The van der Waals surface area contributed by atoms with Crippen molar-refractivity contribution in [2.45, 2.75) is 6.92 Å². The topological polar surface area (TPSA) is 50.5 Å². The Morgan fingerprint density at radius 1 is 1.32 bits per heavy atom. The van der Waals surface area contributed by atoms with E-state index < -0.39 is 0 Å². The van der Waals surface area contributed by atoms with Crippen LogP contribution in [0.2, 0.25) is 0 Å². The van der Waals surface area contributed by atoms with Crippen LogP contribution in [0.5, 0.6) is 0 Å². The average molecular weight is 272 g/mol. The van der Waals surface area contributed by atoms with Crippen LogP contribution in [0.3, 0.4) is 0 Å². The lowest BCUT2D eigenvalue weighted by Gasteiger charge is -2.15. The minimum atomic E-state index is -0.137. The van der Waals surface area contributed by atoms with Crippen LogP contribution in [0.1, 0.15) is 15.5 Å². The quantitative estimate of drug-likeness (QED) is 0.719. The zero-order valence-electron chi connectivity index (χ0n) is 10.6. The van der Waals surface area contributed by atoms with E-state index in [2.05, 4.69) is 10.1 Å². The van der Waals surface area contributed by atoms with Crippen LogP contribution in [0.15, 0.2) is 36.5 Å². The predicted molar refractivity (Wildman–Crippen MR) is 74.8 cm³/mol. The summed E-state index contributed by atoms with van der Waals surface area (Å²) in [6.07, 6.45) is 1.67. The van der Waals surface area contributed by atoms with Crippen molar-refractivity contribution in [1.82, 2.24) is 14.6 Å². The summed E-state index contributed by atoms with van der Waals surface area (Å²) in [5.41, 5.74) is 1.25. The Bertz CT molecular complexity index is 700. The first-order valence-corrected chi connectivity index (χ1v) is 6.63. The minimum absolute atomic E-state index is 0.137. The number of rotatable bonds is 2. The average Bonchev–Trinajstić information content (AvgIpc) is 2.95. The number of fused-ring (bicyclic) bond motifs is 1. The molecule has 0 unspecified atom stereocenters. The summed E-state index contributed by atoms with van der Waals surface area (Å²) < 4.78 is 1.64. The molecule has 0 saturated carbocycles. The third-order valence-electron chi connectivity index (χ3n) is 2.81. The largest absolute Gasteiger partial charge is 0.310 e. The molecule has 0 bridgehead atoms. The molecule has 0 aliphatic carbocycles. The first-order chi connectivity index (χ1) is 9.15. The van der Waals surface area contributed by atoms with Gasteiger partial charge in [0.25, 0.3) is 5.91 Å². The molecule has 5 nitrogen and oxygen atoms in total. The number of benzene rings is 1. The van der Waals surface area contributed by atoms with Gasteiger partial charge in [0.15, 0.2) is 0 Å². The predicted octanol–water partition coefficient (Wildman–Crippen LogP) is 2.38. The molecule has 0 N–H and O–H groups in total. The number of nitrogens with zero attached hydrogens (tertiary/aromatic N) is 4. The standard InChI is InChI=1S/C13H12N4OS/c1-9-15-17-8-11(14-13(17)19-9)12(18)16(2)10-6-4-3-5-7-10/h3-8H,1-2H3. The third kappa shape index (κ3) is 2.10. The molecule has 2 aromatic heterocycles. The van der Waals surface area contributed by atoms with Crippen molar-refractivity contribution in [3.05, 3.63) is 47.2 Å². The molecule has 96 valence electrons. The fourth-order valence-electron chi connectivity index (χ4n) is 1.84. The molecule has 3 aromatic rings. The summed E-state index contributed by atoms with van der Waals surface area (Å²) in [7, 11) is 1.74. The van der Waals surface area contributed by atoms with Crippen molar-refractivity contribution in [3.8, 4) is 0 Å². The van der Waals surface area contributed by atoms with E-state index in [-0.39, 0.29) is 5.91 Å². The second kappa shape index (κ2) is 4.47. The fraction of sp³-hybridized carbons (Fsp3) is 0.154.